The second-order valence-corrected chi connectivity index (χ2v) is 11.9. The van der Waals surface area contributed by atoms with Crippen molar-refractivity contribution in [2.45, 2.75) is 50.9 Å². The highest BCUT2D eigenvalue weighted by atomic mass is 31.2. The molecule has 14 nitrogen and oxygen atoms in total. The van der Waals surface area contributed by atoms with Crippen molar-refractivity contribution in [2.75, 3.05) is 12.3 Å². The average Bonchev–Trinajstić information content (AvgIpc) is 3.52. The first-order valence-corrected chi connectivity index (χ1v) is 13.4. The van der Waals surface area contributed by atoms with Crippen LogP contribution in [0.25, 0.3) is 22.1 Å². The number of nitrogens with two attached hydrogens (primary N) is 1. The third-order valence-electron chi connectivity index (χ3n) is 6.08. The summed E-state index contributed by atoms with van der Waals surface area (Å²) in [5, 5.41) is 24.4. The first-order chi connectivity index (χ1) is 17.9. The third kappa shape index (κ3) is 4.66. The SMILES string of the molecule is CC(C)(C)OC(=O)n1c(P(=O)(O)NC[C@H]2O[C@@H](n3cnc4c(N)ncnc43)[C@H](O)[C@@H]2O)cc2ccccc21. The summed E-state index contributed by atoms with van der Waals surface area (Å²) in [4.78, 5) is 36.2. The van der Waals surface area contributed by atoms with E-state index in [-0.39, 0.29) is 23.4 Å². The molecule has 4 aromatic rings. The van der Waals surface area contributed by atoms with Crippen LogP contribution in [-0.2, 0) is 14.0 Å². The summed E-state index contributed by atoms with van der Waals surface area (Å²) >= 11 is 0. The third-order valence-corrected chi connectivity index (χ3v) is 7.64. The number of benzene rings is 1. The van der Waals surface area contributed by atoms with Crippen LogP contribution in [0.1, 0.15) is 27.0 Å². The predicted octanol–water partition coefficient (Wildman–Crippen LogP) is 0.866. The zero-order chi connectivity index (χ0) is 27.4. The molecule has 1 saturated heterocycles. The highest BCUT2D eigenvalue weighted by Gasteiger charge is 2.45. The van der Waals surface area contributed by atoms with E-state index in [1.807, 2.05) is 0 Å². The Balaban J connectivity index is 1.39. The van der Waals surface area contributed by atoms with E-state index in [1.165, 1.54) is 23.3 Å². The summed E-state index contributed by atoms with van der Waals surface area (Å²) in [6, 6.07) is 8.21. The number of nitrogen functional groups attached to an aromatic ring is 1. The number of imidazole rings is 1. The van der Waals surface area contributed by atoms with Crippen LogP contribution in [0, 0.1) is 0 Å². The lowest BCUT2D eigenvalue weighted by Gasteiger charge is -2.23. The number of hydrogen-bond donors (Lipinski definition) is 5. The van der Waals surface area contributed by atoms with Crippen molar-refractivity contribution < 1.29 is 33.9 Å². The van der Waals surface area contributed by atoms with Crippen LogP contribution in [0.3, 0.4) is 0 Å². The van der Waals surface area contributed by atoms with Crippen molar-refractivity contribution in [1.29, 1.82) is 0 Å². The maximum Gasteiger partial charge on any atom is 0.419 e. The van der Waals surface area contributed by atoms with E-state index in [0.29, 0.717) is 16.4 Å². The van der Waals surface area contributed by atoms with Gasteiger partial charge in [0.25, 0.3) is 0 Å². The Morgan fingerprint density at radius 2 is 1.95 bits per heavy atom. The molecular weight excluding hydrogens is 517 g/mol. The molecule has 38 heavy (non-hydrogen) atoms. The number of aliphatic hydroxyl groups excluding tert-OH is 2. The fourth-order valence-corrected chi connectivity index (χ4v) is 5.71. The summed E-state index contributed by atoms with van der Waals surface area (Å²) in [6.45, 7) is 4.74. The molecule has 6 N–H and O–H groups in total. The van der Waals surface area contributed by atoms with Crippen LogP contribution in [0.2, 0.25) is 0 Å². The normalized spacial score (nSPS) is 23.6. The van der Waals surface area contributed by atoms with Crippen LogP contribution < -0.4 is 16.3 Å². The smallest absolute Gasteiger partial charge is 0.419 e. The van der Waals surface area contributed by atoms with Crippen molar-refractivity contribution in [3.8, 4) is 0 Å². The number of ether oxygens (including phenoxy) is 2. The van der Waals surface area contributed by atoms with Gasteiger partial charge in [-0.3, -0.25) is 9.13 Å². The minimum Gasteiger partial charge on any atom is -0.443 e. The lowest BCUT2D eigenvalue weighted by molar-refractivity contribution is -0.0331. The van der Waals surface area contributed by atoms with Crippen LogP contribution in [0.15, 0.2) is 43.0 Å². The number of anilines is 1. The Hall–Kier alpha value is -3.39. The Labute approximate surface area is 216 Å². The van der Waals surface area contributed by atoms with Gasteiger partial charge in [0.05, 0.1) is 11.8 Å². The molecule has 0 saturated carbocycles. The minimum atomic E-state index is -4.42. The number of carbonyl (C=O) groups excluding carboxylic acids is 1. The number of rotatable bonds is 5. The molecule has 0 aliphatic carbocycles. The number of nitrogens with one attached hydrogen (secondary N) is 1. The van der Waals surface area contributed by atoms with Crippen LogP contribution in [0.4, 0.5) is 10.6 Å². The van der Waals surface area contributed by atoms with Gasteiger partial charge in [0.2, 0.25) is 0 Å². The Bertz CT molecular complexity index is 1560. The van der Waals surface area contributed by atoms with Gasteiger partial charge in [-0.25, -0.2) is 29.4 Å². The lowest BCUT2D eigenvalue weighted by atomic mass is 10.1. The number of carbonyl (C=O) groups is 1. The molecule has 1 aliphatic heterocycles. The number of nitrogens with zero attached hydrogens (tertiary/aromatic N) is 5. The monoisotopic (exact) mass is 545 g/mol. The molecule has 3 aromatic heterocycles. The zero-order valence-corrected chi connectivity index (χ0v) is 21.7. The van der Waals surface area contributed by atoms with Crippen molar-refractivity contribution in [3.63, 3.8) is 0 Å². The summed E-state index contributed by atoms with van der Waals surface area (Å²) in [5.41, 5.74) is 5.76. The zero-order valence-electron chi connectivity index (χ0n) is 20.8. The van der Waals surface area contributed by atoms with E-state index in [2.05, 4.69) is 20.0 Å². The highest BCUT2D eigenvalue weighted by molar-refractivity contribution is 7.63. The number of hydrogen-bond acceptors (Lipinski definition) is 10. The molecule has 0 amide bonds. The van der Waals surface area contributed by atoms with Gasteiger partial charge in [-0.2, -0.15) is 0 Å². The molecule has 5 atom stereocenters. The largest absolute Gasteiger partial charge is 0.443 e. The molecular formula is C23H28N7O7P. The van der Waals surface area contributed by atoms with Crippen molar-refractivity contribution in [2.24, 2.45) is 0 Å². The molecule has 1 fully saturated rings. The van der Waals surface area contributed by atoms with Gasteiger partial charge in [-0.15, -0.1) is 0 Å². The molecule has 1 aromatic carbocycles. The lowest BCUT2D eigenvalue weighted by Crippen LogP contribution is -2.39. The van der Waals surface area contributed by atoms with E-state index in [1.54, 1.807) is 45.0 Å². The van der Waals surface area contributed by atoms with E-state index in [0.717, 1.165) is 4.57 Å². The maximum absolute atomic E-state index is 13.5. The standard InChI is InChI=1S/C23H28N7O7P/c1-23(2,3)37-22(33)30-13-7-5-4-6-12(13)8-15(30)38(34,35)28-9-14-17(31)18(32)21(36-14)29-11-27-16-19(24)25-10-26-20(16)29/h4-8,10-11,14,17-18,21,31-32H,9H2,1-3H3,(H2,24,25,26)(H2,28,34,35)/t14-,17-,18-,21-/m1/s1. The van der Waals surface area contributed by atoms with E-state index in [9.17, 15) is 24.5 Å². The van der Waals surface area contributed by atoms with Gasteiger partial charge in [-0.05, 0) is 32.9 Å². The molecule has 1 aliphatic rings. The molecule has 4 heterocycles. The first-order valence-electron chi connectivity index (χ1n) is 11.7. The van der Waals surface area contributed by atoms with Crippen LogP contribution in [0.5, 0.6) is 0 Å². The van der Waals surface area contributed by atoms with Gasteiger partial charge in [0, 0.05) is 11.9 Å². The second kappa shape index (κ2) is 9.42. The van der Waals surface area contributed by atoms with Gasteiger partial charge >= 0.3 is 13.6 Å². The minimum absolute atomic E-state index is 0.140. The summed E-state index contributed by atoms with van der Waals surface area (Å²) in [6.07, 6.45) is -3.23. The van der Waals surface area contributed by atoms with Crippen LogP contribution in [-0.4, -0.2) is 75.7 Å². The first kappa shape index (κ1) is 26.2. The van der Waals surface area contributed by atoms with Crippen LogP contribution >= 0.6 is 7.52 Å². The molecule has 1 unspecified atom stereocenters. The second-order valence-electron chi connectivity index (χ2n) is 9.94. The average molecular weight is 545 g/mol. The molecule has 202 valence electrons. The van der Waals surface area contributed by atoms with Crippen molar-refractivity contribution >= 4 is 46.9 Å². The fourth-order valence-electron chi connectivity index (χ4n) is 4.34. The number of aromatic nitrogens is 5. The molecule has 0 spiro atoms. The van der Waals surface area contributed by atoms with Gasteiger partial charge < -0.3 is 30.3 Å². The number of aliphatic hydroxyl groups is 2. The predicted molar refractivity (Wildman–Crippen MR) is 137 cm³/mol. The highest BCUT2D eigenvalue weighted by Crippen LogP contribution is 2.38. The van der Waals surface area contributed by atoms with Gasteiger partial charge in [-0.1, -0.05) is 18.2 Å². The quantitative estimate of drug-likeness (QED) is 0.222. The number of para-hydroxylation sites is 1. The van der Waals surface area contributed by atoms with E-state index < -0.39 is 43.8 Å². The summed E-state index contributed by atoms with van der Waals surface area (Å²) < 4.78 is 27.3. The summed E-state index contributed by atoms with van der Waals surface area (Å²) in [5.74, 6) is 0.140. The van der Waals surface area contributed by atoms with Gasteiger partial charge in [0.1, 0.15) is 41.2 Å². The molecule has 0 radical (unpaired) electrons. The fraction of sp³-hybridized carbons (Fsp3) is 0.391. The maximum atomic E-state index is 13.5. The Kier molecular flexibility index (Phi) is 6.50. The van der Waals surface area contributed by atoms with Crippen molar-refractivity contribution in [1.82, 2.24) is 29.2 Å². The van der Waals surface area contributed by atoms with E-state index in [4.69, 9.17) is 15.2 Å². The molecule has 5 rings (SSSR count). The number of fused-ring (bicyclic) bond motifs is 2. The topological polar surface area (TPSA) is 200 Å². The molecule has 15 heteroatoms. The van der Waals surface area contributed by atoms with Gasteiger partial charge in [0.15, 0.2) is 17.7 Å². The summed E-state index contributed by atoms with van der Waals surface area (Å²) in [7, 11) is -4.42. The van der Waals surface area contributed by atoms with Crippen molar-refractivity contribution in [3.05, 3.63) is 43.0 Å². The molecule has 0 bridgehead atoms. The Morgan fingerprint density at radius 1 is 1.21 bits per heavy atom. The van der Waals surface area contributed by atoms with E-state index >= 15 is 0 Å². The Morgan fingerprint density at radius 3 is 2.68 bits per heavy atom.